The number of likely N-dealkylation sites (N-methyl/N-ethyl adjacent to an activating group) is 2. The molecule has 0 bridgehead atoms. The second-order valence-electron chi connectivity index (χ2n) is 12.2. The number of fused-ring (bicyclic) bond motifs is 3. The fourth-order valence-electron chi connectivity index (χ4n) is 6.16. The van der Waals surface area contributed by atoms with E-state index in [0.717, 1.165) is 0 Å². The number of aliphatic hydroxyl groups is 3. The molecule has 1 aromatic rings. The van der Waals surface area contributed by atoms with Crippen molar-refractivity contribution in [2.45, 2.75) is 50.9 Å². The molecule has 5 N–H and O–H groups in total. The van der Waals surface area contributed by atoms with Crippen molar-refractivity contribution in [2.75, 3.05) is 40.1 Å². The fourth-order valence-corrected chi connectivity index (χ4v) is 6.16. The summed E-state index contributed by atoms with van der Waals surface area (Å²) in [6.07, 6.45) is 1.53. The van der Waals surface area contributed by atoms with Gasteiger partial charge in [0.25, 0.3) is 5.91 Å². The summed E-state index contributed by atoms with van der Waals surface area (Å²) < 4.78 is 0. The second-order valence-corrected chi connectivity index (χ2v) is 12.2. The van der Waals surface area contributed by atoms with Gasteiger partial charge in [-0.15, -0.1) is 0 Å². The van der Waals surface area contributed by atoms with Crippen LogP contribution >= 0.6 is 0 Å². The number of hydrogen-bond acceptors (Lipinski definition) is 11. The molecule has 3 aliphatic carbocycles. The van der Waals surface area contributed by atoms with Gasteiger partial charge in [-0.3, -0.25) is 19.3 Å². The number of aliphatic hydroxyl groups excluding tert-OH is 2. The van der Waals surface area contributed by atoms with E-state index in [1.807, 2.05) is 0 Å². The maximum Gasteiger partial charge on any atom is 0.258 e. The Morgan fingerprint density at radius 1 is 1.17 bits per heavy atom. The third-order valence-corrected chi connectivity index (χ3v) is 7.94. The number of benzene rings is 1. The summed E-state index contributed by atoms with van der Waals surface area (Å²) in [6.45, 7) is 5.42. The Morgan fingerprint density at radius 3 is 2.34 bits per heavy atom. The van der Waals surface area contributed by atoms with E-state index in [9.17, 15) is 34.8 Å². The molecule has 0 aromatic heterocycles. The molecule has 4 unspecified atom stereocenters. The molecule has 3 aliphatic rings. The summed E-state index contributed by atoms with van der Waals surface area (Å²) in [5, 5.41) is 51.9. The molecule has 0 heterocycles. The molecule has 0 radical (unpaired) electrons. The van der Waals surface area contributed by atoms with Crippen LogP contribution in [0, 0.1) is 11.8 Å². The zero-order chi connectivity index (χ0) is 30.8. The molecule has 1 aromatic carbocycles. The molecule has 0 aliphatic heterocycles. The largest absolute Gasteiger partial charge is 0.510 e. The maximum absolute atomic E-state index is 14.1. The van der Waals surface area contributed by atoms with Crippen molar-refractivity contribution in [3.8, 4) is 5.75 Å². The molecule has 0 saturated heterocycles. The highest BCUT2D eigenvalue weighted by Crippen LogP contribution is 2.53. The molecule has 4 atom stereocenters. The van der Waals surface area contributed by atoms with Gasteiger partial charge in [0, 0.05) is 43.9 Å². The lowest BCUT2D eigenvalue weighted by molar-refractivity contribution is -0.148. The maximum atomic E-state index is 14.1. The summed E-state index contributed by atoms with van der Waals surface area (Å²) in [7, 11) is 8.08. The number of Topliss-reactive ketones (excluding diaryl/α,β-unsaturated/α-hetero) is 2. The number of oxime groups is 1. The van der Waals surface area contributed by atoms with Crippen molar-refractivity contribution in [1.82, 2.24) is 10.2 Å². The number of ketones is 2. The summed E-state index contributed by atoms with van der Waals surface area (Å²) in [5.41, 5.74) is -2.84. The molecular formula is C29H38N4O8. The second kappa shape index (κ2) is 10.2. The number of rotatable bonds is 5. The Bertz CT molecular complexity index is 1420. The van der Waals surface area contributed by atoms with Crippen LogP contribution in [-0.4, -0.2) is 101 Å². The van der Waals surface area contributed by atoms with Crippen LogP contribution in [0.4, 0.5) is 5.69 Å². The Morgan fingerprint density at radius 2 is 1.80 bits per heavy atom. The van der Waals surface area contributed by atoms with E-state index >= 15 is 0 Å². The summed E-state index contributed by atoms with van der Waals surface area (Å²) in [6, 6.07) is 0.676. The zero-order valence-electron chi connectivity index (χ0n) is 24.6. The van der Waals surface area contributed by atoms with Crippen LogP contribution in [0.5, 0.6) is 5.75 Å². The quantitative estimate of drug-likeness (QED) is 0.199. The van der Waals surface area contributed by atoms with Gasteiger partial charge >= 0.3 is 0 Å². The smallest absolute Gasteiger partial charge is 0.258 e. The van der Waals surface area contributed by atoms with Gasteiger partial charge in [-0.1, -0.05) is 5.16 Å². The highest BCUT2D eigenvalue weighted by atomic mass is 16.6. The number of phenols is 1. The molecule has 0 fully saturated rings. The molecule has 0 spiro atoms. The van der Waals surface area contributed by atoms with E-state index in [2.05, 4.69) is 10.5 Å². The van der Waals surface area contributed by atoms with Crippen LogP contribution in [-0.2, 0) is 20.8 Å². The molecule has 4 rings (SSSR count). The van der Waals surface area contributed by atoms with Crippen molar-refractivity contribution < 1.29 is 39.6 Å². The third kappa shape index (κ3) is 4.64. The Kier molecular flexibility index (Phi) is 7.47. The van der Waals surface area contributed by atoms with Crippen LogP contribution in [0.15, 0.2) is 33.9 Å². The average Bonchev–Trinajstić information content (AvgIpc) is 2.86. The topological polar surface area (TPSA) is 172 Å². The SMILES string of the molecule is CNC(=O)C1=C(O)C(N(C)C)C2CC3Cc4c(N(C)C)cc(/C=N/OC(C)(C)C)c(O)c4C(=O)C3=C(O)C2(O)C1=O. The summed E-state index contributed by atoms with van der Waals surface area (Å²) >= 11 is 0. The predicted octanol–water partition coefficient (Wildman–Crippen LogP) is 1.60. The van der Waals surface area contributed by atoms with Crippen LogP contribution < -0.4 is 10.2 Å². The average molecular weight is 571 g/mol. The van der Waals surface area contributed by atoms with E-state index in [1.165, 1.54) is 13.3 Å². The molecule has 12 heteroatoms. The number of nitrogens with one attached hydrogen (secondary N) is 1. The molecular weight excluding hydrogens is 532 g/mol. The van der Waals surface area contributed by atoms with Gasteiger partial charge in [-0.05, 0) is 65.3 Å². The summed E-state index contributed by atoms with van der Waals surface area (Å²) in [5.74, 6) is -6.36. The number of allylic oxidation sites excluding steroid dienone is 1. The standard InChI is InChI=1S/C29H38N4O8/c1-28(2,3)41-31-12-14-11-17(32(5)6)15-9-13-10-16-21(33(7)8)24(36)20(27(39)30-4)26(38)29(16,40)25(37)18(13)23(35)19(15)22(14)34/h11-13,16,21,34,36-37,40H,9-10H2,1-8H3,(H,30,39)/b31-12+. The number of amides is 1. The number of anilines is 1. The molecule has 12 nitrogen and oxygen atoms in total. The van der Waals surface area contributed by atoms with Gasteiger partial charge in [-0.2, -0.15) is 0 Å². The number of carbonyl (C=O) groups is 3. The number of hydrogen-bond donors (Lipinski definition) is 5. The Labute approximate surface area is 238 Å². The van der Waals surface area contributed by atoms with Gasteiger partial charge in [0.15, 0.2) is 11.4 Å². The molecule has 41 heavy (non-hydrogen) atoms. The van der Waals surface area contributed by atoms with Gasteiger partial charge in [0.05, 0.1) is 17.8 Å². The van der Waals surface area contributed by atoms with Gasteiger partial charge < -0.3 is 35.5 Å². The predicted molar refractivity (Wildman–Crippen MR) is 151 cm³/mol. The minimum Gasteiger partial charge on any atom is -0.510 e. The van der Waals surface area contributed by atoms with Gasteiger partial charge in [0.1, 0.15) is 28.4 Å². The first-order valence-electron chi connectivity index (χ1n) is 13.3. The Balaban J connectivity index is 1.93. The van der Waals surface area contributed by atoms with Crippen molar-refractivity contribution in [3.05, 3.63) is 45.4 Å². The van der Waals surface area contributed by atoms with E-state index in [-0.39, 0.29) is 35.3 Å². The van der Waals surface area contributed by atoms with E-state index in [1.54, 1.807) is 64.8 Å². The Hall–Kier alpha value is -3.90. The minimum atomic E-state index is -2.65. The summed E-state index contributed by atoms with van der Waals surface area (Å²) in [4.78, 5) is 49.1. The van der Waals surface area contributed by atoms with Crippen LogP contribution in [0.1, 0.15) is 48.7 Å². The first-order chi connectivity index (χ1) is 19.0. The van der Waals surface area contributed by atoms with Crippen LogP contribution in [0.2, 0.25) is 0 Å². The third-order valence-electron chi connectivity index (χ3n) is 7.94. The van der Waals surface area contributed by atoms with Gasteiger partial charge in [0.2, 0.25) is 5.78 Å². The molecule has 0 saturated carbocycles. The monoisotopic (exact) mass is 570 g/mol. The minimum absolute atomic E-state index is 0.0387. The molecule has 1 amide bonds. The van der Waals surface area contributed by atoms with Crippen molar-refractivity contribution in [1.29, 1.82) is 0 Å². The van der Waals surface area contributed by atoms with Crippen molar-refractivity contribution in [2.24, 2.45) is 17.0 Å². The normalized spacial score (nSPS) is 26.2. The lowest BCUT2D eigenvalue weighted by Gasteiger charge is -2.50. The van der Waals surface area contributed by atoms with Gasteiger partial charge in [-0.25, -0.2) is 0 Å². The molecule has 222 valence electrons. The lowest BCUT2D eigenvalue weighted by atomic mass is 9.58. The number of carbonyl (C=O) groups excluding carboxylic acids is 3. The fraction of sp³-hybridized carbons (Fsp3) is 0.517. The number of phenolic OH excluding ortho intramolecular Hbond substituents is 1. The van der Waals surface area contributed by atoms with Crippen molar-refractivity contribution in [3.63, 3.8) is 0 Å². The number of aromatic hydroxyl groups is 1. The van der Waals surface area contributed by atoms with Crippen LogP contribution in [0.3, 0.4) is 0 Å². The highest BCUT2D eigenvalue weighted by Gasteiger charge is 2.63. The first-order valence-corrected chi connectivity index (χ1v) is 13.3. The van der Waals surface area contributed by atoms with E-state index < -0.39 is 63.6 Å². The zero-order valence-corrected chi connectivity index (χ0v) is 24.6. The first kappa shape index (κ1) is 30.1. The van der Waals surface area contributed by atoms with Crippen LogP contribution in [0.25, 0.3) is 0 Å². The highest BCUT2D eigenvalue weighted by molar-refractivity contribution is 6.25. The number of nitrogens with zero attached hydrogens (tertiary/aromatic N) is 3. The van der Waals surface area contributed by atoms with E-state index in [4.69, 9.17) is 4.84 Å². The van der Waals surface area contributed by atoms with Crippen molar-refractivity contribution >= 4 is 29.4 Å². The van der Waals surface area contributed by atoms with E-state index in [0.29, 0.717) is 11.3 Å². The lowest BCUT2D eigenvalue weighted by Crippen LogP contribution is -2.64.